The predicted octanol–water partition coefficient (Wildman–Crippen LogP) is 2.82. The molecule has 4 atom stereocenters. The lowest BCUT2D eigenvalue weighted by atomic mass is 9.93. The first kappa shape index (κ1) is 16.8. The highest BCUT2D eigenvalue weighted by Crippen LogP contribution is 2.42. The molecule has 1 aliphatic carbocycles. The van der Waals surface area contributed by atoms with Gasteiger partial charge in [-0.3, -0.25) is 4.79 Å². The summed E-state index contributed by atoms with van der Waals surface area (Å²) in [5, 5.41) is 9.66. The molecule has 2 aromatic rings. The van der Waals surface area contributed by atoms with Crippen molar-refractivity contribution in [3.8, 4) is 11.1 Å². The van der Waals surface area contributed by atoms with E-state index in [1.54, 1.807) is 12.1 Å². The maximum atomic E-state index is 12.5. The van der Waals surface area contributed by atoms with Crippen LogP contribution < -0.4 is 0 Å². The lowest BCUT2D eigenvalue weighted by Gasteiger charge is -2.20. The van der Waals surface area contributed by atoms with Gasteiger partial charge in [0, 0.05) is 24.9 Å². The lowest BCUT2D eigenvalue weighted by Crippen LogP contribution is -2.28. The maximum absolute atomic E-state index is 12.5. The Morgan fingerprint density at radius 2 is 1.77 bits per heavy atom. The van der Waals surface area contributed by atoms with Crippen LogP contribution in [0.1, 0.15) is 23.2 Å². The molecule has 2 aliphatic rings. The zero-order chi connectivity index (χ0) is 18.1. The molecule has 134 valence electrons. The van der Waals surface area contributed by atoms with Crippen molar-refractivity contribution in [3.63, 3.8) is 0 Å². The highest BCUT2D eigenvalue weighted by atomic mass is 16.6. The van der Waals surface area contributed by atoms with E-state index in [4.69, 9.17) is 9.47 Å². The van der Waals surface area contributed by atoms with E-state index in [1.807, 2.05) is 42.5 Å². The Hall–Kier alpha value is -2.66. The molecule has 0 spiro atoms. The number of aliphatic hydroxyl groups is 1. The molecule has 0 amide bonds. The average Bonchev–Trinajstić information content (AvgIpc) is 3.17. The monoisotopic (exact) mass is 352 g/mol. The van der Waals surface area contributed by atoms with Gasteiger partial charge in [-0.25, -0.2) is 4.79 Å². The number of hydrogen-bond acceptors (Lipinski definition) is 5. The normalized spacial score (nSPS) is 27.0. The molecular formula is C21H20O5. The Morgan fingerprint density at radius 3 is 2.46 bits per heavy atom. The van der Waals surface area contributed by atoms with Crippen LogP contribution in [0.2, 0.25) is 0 Å². The minimum atomic E-state index is -0.426. The summed E-state index contributed by atoms with van der Waals surface area (Å²) in [6, 6.07) is 17.2. The molecular weight excluding hydrogens is 332 g/mol. The minimum absolute atomic E-state index is 0.0641. The van der Waals surface area contributed by atoms with Crippen molar-refractivity contribution in [2.24, 2.45) is 11.8 Å². The zero-order valence-electron chi connectivity index (χ0n) is 14.2. The van der Waals surface area contributed by atoms with Crippen molar-refractivity contribution in [1.29, 1.82) is 0 Å². The van der Waals surface area contributed by atoms with E-state index in [1.165, 1.54) is 0 Å². The average molecular weight is 352 g/mol. The first-order valence-corrected chi connectivity index (χ1v) is 8.82. The summed E-state index contributed by atoms with van der Waals surface area (Å²) in [5.74, 6) is -0.969. The molecule has 1 saturated carbocycles. The molecule has 0 radical (unpaired) electrons. The van der Waals surface area contributed by atoms with Gasteiger partial charge in [-0.15, -0.1) is 0 Å². The molecule has 2 aromatic carbocycles. The van der Waals surface area contributed by atoms with Crippen molar-refractivity contribution in [2.75, 3.05) is 6.61 Å². The van der Waals surface area contributed by atoms with Crippen LogP contribution in [-0.4, -0.2) is 35.9 Å². The number of benzene rings is 2. The molecule has 2 fully saturated rings. The number of carbonyl (C=O) groups excluding carboxylic acids is 2. The SMILES string of the molecule is O=C1C[C@H]2[C@@H](CO)[C@H](OC(=O)c3ccc(-c4ccccc4)cc3)C[C@H]2O1. The maximum Gasteiger partial charge on any atom is 0.338 e. The highest BCUT2D eigenvalue weighted by molar-refractivity contribution is 5.90. The lowest BCUT2D eigenvalue weighted by molar-refractivity contribution is -0.141. The van der Waals surface area contributed by atoms with Crippen molar-refractivity contribution in [3.05, 3.63) is 60.2 Å². The first-order valence-electron chi connectivity index (χ1n) is 8.82. The molecule has 1 saturated heterocycles. The van der Waals surface area contributed by atoms with E-state index in [9.17, 15) is 14.7 Å². The van der Waals surface area contributed by atoms with E-state index in [0.717, 1.165) is 11.1 Å². The largest absolute Gasteiger partial charge is 0.462 e. The van der Waals surface area contributed by atoms with Gasteiger partial charge in [0.25, 0.3) is 0 Å². The minimum Gasteiger partial charge on any atom is -0.462 e. The second-order valence-electron chi connectivity index (χ2n) is 6.87. The Morgan fingerprint density at radius 1 is 1.08 bits per heavy atom. The third-order valence-electron chi connectivity index (χ3n) is 5.35. The van der Waals surface area contributed by atoms with Crippen LogP contribution in [0, 0.1) is 11.8 Å². The fraction of sp³-hybridized carbons (Fsp3) is 0.333. The summed E-state index contributed by atoms with van der Waals surface area (Å²) in [7, 11) is 0. The fourth-order valence-corrected chi connectivity index (χ4v) is 3.98. The van der Waals surface area contributed by atoms with Gasteiger partial charge in [-0.05, 0) is 23.3 Å². The van der Waals surface area contributed by atoms with Crippen LogP contribution in [0.15, 0.2) is 54.6 Å². The van der Waals surface area contributed by atoms with Gasteiger partial charge in [0.15, 0.2) is 0 Å². The topological polar surface area (TPSA) is 72.8 Å². The third kappa shape index (κ3) is 3.10. The van der Waals surface area contributed by atoms with E-state index >= 15 is 0 Å². The zero-order valence-corrected chi connectivity index (χ0v) is 14.2. The van der Waals surface area contributed by atoms with Gasteiger partial charge in [0.05, 0.1) is 12.0 Å². The predicted molar refractivity (Wildman–Crippen MR) is 94.3 cm³/mol. The van der Waals surface area contributed by atoms with Crippen LogP contribution in [0.5, 0.6) is 0 Å². The van der Waals surface area contributed by atoms with Gasteiger partial charge < -0.3 is 14.6 Å². The number of fused-ring (bicyclic) bond motifs is 1. The Kier molecular flexibility index (Phi) is 4.47. The quantitative estimate of drug-likeness (QED) is 0.857. The second-order valence-corrected chi connectivity index (χ2v) is 6.87. The molecule has 1 heterocycles. The number of carbonyl (C=O) groups is 2. The number of esters is 2. The van der Waals surface area contributed by atoms with Crippen LogP contribution in [0.3, 0.4) is 0 Å². The fourth-order valence-electron chi connectivity index (χ4n) is 3.98. The Balaban J connectivity index is 1.44. The van der Waals surface area contributed by atoms with E-state index in [2.05, 4.69) is 0 Å². The smallest absolute Gasteiger partial charge is 0.338 e. The number of hydrogen-bond donors (Lipinski definition) is 1. The van der Waals surface area contributed by atoms with Crippen molar-refractivity contribution < 1.29 is 24.2 Å². The van der Waals surface area contributed by atoms with Gasteiger partial charge in [-0.1, -0.05) is 42.5 Å². The summed E-state index contributed by atoms with van der Waals surface area (Å²) >= 11 is 0. The number of rotatable bonds is 4. The van der Waals surface area contributed by atoms with Gasteiger partial charge >= 0.3 is 11.9 Å². The van der Waals surface area contributed by atoms with E-state index in [0.29, 0.717) is 12.0 Å². The second kappa shape index (κ2) is 6.92. The third-order valence-corrected chi connectivity index (χ3v) is 5.35. The first-order chi connectivity index (χ1) is 12.7. The van der Waals surface area contributed by atoms with Crippen LogP contribution in [0.4, 0.5) is 0 Å². The van der Waals surface area contributed by atoms with Crippen molar-refractivity contribution >= 4 is 11.9 Å². The van der Waals surface area contributed by atoms with Gasteiger partial charge in [-0.2, -0.15) is 0 Å². The number of aliphatic hydroxyl groups excluding tert-OH is 1. The molecule has 4 rings (SSSR count). The molecule has 0 bridgehead atoms. The van der Waals surface area contributed by atoms with E-state index < -0.39 is 12.1 Å². The van der Waals surface area contributed by atoms with Crippen molar-refractivity contribution in [2.45, 2.75) is 25.0 Å². The Labute approximate surface area is 151 Å². The molecule has 5 nitrogen and oxygen atoms in total. The van der Waals surface area contributed by atoms with Crippen molar-refractivity contribution in [1.82, 2.24) is 0 Å². The summed E-state index contributed by atoms with van der Waals surface area (Å²) in [5.41, 5.74) is 2.58. The summed E-state index contributed by atoms with van der Waals surface area (Å²) in [4.78, 5) is 23.9. The van der Waals surface area contributed by atoms with E-state index in [-0.39, 0.29) is 36.9 Å². The Bertz CT molecular complexity index is 799. The molecule has 1 N–H and O–H groups in total. The van der Waals surface area contributed by atoms with Crippen LogP contribution >= 0.6 is 0 Å². The molecule has 5 heteroatoms. The molecule has 0 aromatic heterocycles. The molecule has 1 aliphatic heterocycles. The molecule has 0 unspecified atom stereocenters. The van der Waals surface area contributed by atoms with Crippen LogP contribution in [-0.2, 0) is 14.3 Å². The highest BCUT2D eigenvalue weighted by Gasteiger charge is 2.51. The standard InChI is InChI=1S/C21H20O5/c22-12-17-16-10-20(23)25-18(16)11-19(17)26-21(24)15-8-6-14(7-9-15)13-4-2-1-3-5-13/h1-9,16-19,22H,10-12H2/t16-,17+,18+,19+/m0/s1. The summed E-state index contributed by atoms with van der Waals surface area (Å²) in [6.07, 6.45) is 0.0628. The summed E-state index contributed by atoms with van der Waals surface area (Å²) < 4.78 is 10.9. The summed E-state index contributed by atoms with van der Waals surface area (Å²) in [6.45, 7) is -0.122. The van der Waals surface area contributed by atoms with Gasteiger partial charge in [0.2, 0.25) is 0 Å². The van der Waals surface area contributed by atoms with Gasteiger partial charge in [0.1, 0.15) is 12.2 Å². The number of ether oxygens (including phenoxy) is 2. The molecule has 26 heavy (non-hydrogen) atoms. The van der Waals surface area contributed by atoms with Crippen LogP contribution in [0.25, 0.3) is 11.1 Å².